The number of benzene rings is 2. The first kappa shape index (κ1) is 14.9. The zero-order chi connectivity index (χ0) is 14.6. The summed E-state index contributed by atoms with van der Waals surface area (Å²) in [6, 6.07) is 13.9. The van der Waals surface area contributed by atoms with Crippen molar-refractivity contribution in [1.29, 1.82) is 0 Å². The molecule has 2 N–H and O–H groups in total. The Morgan fingerprint density at radius 1 is 1.10 bits per heavy atom. The van der Waals surface area contributed by atoms with Gasteiger partial charge in [0.05, 0.1) is 5.69 Å². The van der Waals surface area contributed by atoms with Crippen LogP contribution in [0.2, 0.25) is 0 Å². The molecule has 0 saturated carbocycles. The highest BCUT2D eigenvalue weighted by Gasteiger charge is 2.18. The molecule has 0 amide bonds. The van der Waals surface area contributed by atoms with Crippen LogP contribution in [0, 0.1) is 0 Å². The van der Waals surface area contributed by atoms with Crippen molar-refractivity contribution in [3.63, 3.8) is 0 Å². The van der Waals surface area contributed by atoms with Gasteiger partial charge in [0.2, 0.25) is 0 Å². The molecule has 106 valence electrons. The molecule has 2 aromatic rings. The number of hydrogen-bond donors (Lipinski definition) is 2. The topological polar surface area (TPSA) is 58.2 Å². The molecule has 0 fully saturated rings. The molecular formula is C14H15BrN2O2S. The fourth-order valence-corrected chi connectivity index (χ4v) is 3.43. The SMILES string of the molecule is CCNc1ccccc1S(=O)(=O)Nc1cccc(Br)c1. The highest BCUT2D eigenvalue weighted by Crippen LogP contribution is 2.24. The molecule has 0 aliphatic carbocycles. The number of hydrogen-bond acceptors (Lipinski definition) is 3. The third-order valence-electron chi connectivity index (χ3n) is 2.62. The average molecular weight is 355 g/mol. The van der Waals surface area contributed by atoms with Crippen LogP contribution >= 0.6 is 15.9 Å². The van der Waals surface area contributed by atoms with Crippen molar-refractivity contribution < 1.29 is 8.42 Å². The first-order chi connectivity index (χ1) is 9.53. The Morgan fingerprint density at radius 3 is 2.55 bits per heavy atom. The minimum absolute atomic E-state index is 0.238. The lowest BCUT2D eigenvalue weighted by molar-refractivity contribution is 0.601. The van der Waals surface area contributed by atoms with Gasteiger partial charge in [-0.15, -0.1) is 0 Å². The predicted octanol–water partition coefficient (Wildman–Crippen LogP) is 3.68. The van der Waals surface area contributed by atoms with Crippen LogP contribution in [0.4, 0.5) is 11.4 Å². The summed E-state index contributed by atoms with van der Waals surface area (Å²) in [5.41, 5.74) is 1.11. The highest BCUT2D eigenvalue weighted by molar-refractivity contribution is 9.10. The summed E-state index contributed by atoms with van der Waals surface area (Å²) in [5, 5.41) is 3.05. The maximum absolute atomic E-state index is 12.4. The molecule has 2 rings (SSSR count). The molecule has 0 spiro atoms. The van der Waals surface area contributed by atoms with Gasteiger partial charge in [0.1, 0.15) is 4.90 Å². The zero-order valence-corrected chi connectivity index (χ0v) is 13.3. The van der Waals surface area contributed by atoms with Gasteiger partial charge in [0, 0.05) is 16.7 Å². The summed E-state index contributed by atoms with van der Waals surface area (Å²) in [7, 11) is -3.62. The van der Waals surface area contributed by atoms with Crippen molar-refractivity contribution in [1.82, 2.24) is 0 Å². The Labute approximate surface area is 127 Å². The highest BCUT2D eigenvalue weighted by atomic mass is 79.9. The van der Waals surface area contributed by atoms with Crippen LogP contribution in [0.1, 0.15) is 6.92 Å². The average Bonchev–Trinajstić information content (AvgIpc) is 2.39. The molecule has 2 aromatic carbocycles. The molecule has 0 heterocycles. The summed E-state index contributed by atoms with van der Waals surface area (Å²) in [6.07, 6.45) is 0. The molecule has 0 bridgehead atoms. The molecule has 0 aromatic heterocycles. The van der Waals surface area contributed by atoms with Crippen molar-refractivity contribution >= 4 is 37.3 Å². The lowest BCUT2D eigenvalue weighted by atomic mass is 10.3. The van der Waals surface area contributed by atoms with Gasteiger partial charge >= 0.3 is 0 Å². The molecule has 6 heteroatoms. The second-order valence-corrected chi connectivity index (χ2v) is 6.71. The zero-order valence-electron chi connectivity index (χ0n) is 10.9. The van der Waals surface area contributed by atoms with Crippen LogP contribution in [0.3, 0.4) is 0 Å². The number of anilines is 2. The van der Waals surface area contributed by atoms with Crippen LogP contribution < -0.4 is 10.0 Å². The fourth-order valence-electron chi connectivity index (χ4n) is 1.80. The maximum atomic E-state index is 12.4. The van der Waals surface area contributed by atoms with Crippen LogP contribution in [0.5, 0.6) is 0 Å². The molecule has 0 saturated heterocycles. The quantitative estimate of drug-likeness (QED) is 0.860. The van der Waals surface area contributed by atoms with Gasteiger partial charge in [-0.1, -0.05) is 34.1 Å². The summed E-state index contributed by atoms with van der Waals surface area (Å²) in [4.78, 5) is 0.238. The van der Waals surface area contributed by atoms with Gasteiger partial charge in [0.15, 0.2) is 0 Å². The van der Waals surface area contributed by atoms with E-state index in [0.717, 1.165) is 4.47 Å². The van der Waals surface area contributed by atoms with Crippen molar-refractivity contribution in [3.8, 4) is 0 Å². The van der Waals surface area contributed by atoms with E-state index in [4.69, 9.17) is 0 Å². The van der Waals surface area contributed by atoms with E-state index >= 15 is 0 Å². The monoisotopic (exact) mass is 354 g/mol. The van der Waals surface area contributed by atoms with Crippen LogP contribution in [-0.2, 0) is 10.0 Å². The third kappa shape index (κ3) is 3.52. The Balaban J connectivity index is 2.36. The number of halogens is 1. The Hall–Kier alpha value is -1.53. The molecule has 0 radical (unpaired) electrons. The first-order valence-electron chi connectivity index (χ1n) is 6.14. The Bertz CT molecular complexity index is 702. The minimum atomic E-state index is -3.62. The first-order valence-corrected chi connectivity index (χ1v) is 8.42. The molecule has 0 aliphatic rings. The van der Waals surface area contributed by atoms with E-state index in [1.807, 2.05) is 13.0 Å². The lowest BCUT2D eigenvalue weighted by Gasteiger charge is -2.13. The Kier molecular flexibility index (Phi) is 4.67. The van der Waals surface area contributed by atoms with Crippen molar-refractivity contribution in [3.05, 3.63) is 53.0 Å². The van der Waals surface area contributed by atoms with E-state index in [-0.39, 0.29) is 4.90 Å². The molecule has 0 unspecified atom stereocenters. The maximum Gasteiger partial charge on any atom is 0.263 e. The second-order valence-electron chi connectivity index (χ2n) is 4.14. The fraction of sp³-hybridized carbons (Fsp3) is 0.143. The predicted molar refractivity (Wildman–Crippen MR) is 85.6 cm³/mol. The Morgan fingerprint density at radius 2 is 1.85 bits per heavy atom. The van der Waals surface area contributed by atoms with Gasteiger partial charge in [0.25, 0.3) is 10.0 Å². The minimum Gasteiger partial charge on any atom is -0.384 e. The molecule has 4 nitrogen and oxygen atoms in total. The third-order valence-corrected chi connectivity index (χ3v) is 4.55. The van der Waals surface area contributed by atoms with E-state index in [0.29, 0.717) is 17.9 Å². The van der Waals surface area contributed by atoms with Crippen molar-refractivity contribution in [2.75, 3.05) is 16.6 Å². The van der Waals surface area contributed by atoms with Crippen LogP contribution in [0.15, 0.2) is 57.9 Å². The van der Waals surface area contributed by atoms with Gasteiger partial charge in [-0.2, -0.15) is 0 Å². The van der Waals surface area contributed by atoms with Gasteiger partial charge < -0.3 is 5.32 Å². The van der Waals surface area contributed by atoms with E-state index < -0.39 is 10.0 Å². The summed E-state index contributed by atoms with van der Waals surface area (Å²) in [5.74, 6) is 0. The second kappa shape index (κ2) is 6.28. The number of nitrogens with one attached hydrogen (secondary N) is 2. The summed E-state index contributed by atoms with van der Waals surface area (Å²) < 4.78 is 28.3. The summed E-state index contributed by atoms with van der Waals surface area (Å²) >= 11 is 3.32. The number of sulfonamides is 1. The van der Waals surface area contributed by atoms with Gasteiger partial charge in [-0.25, -0.2) is 8.42 Å². The van der Waals surface area contributed by atoms with Crippen molar-refractivity contribution in [2.24, 2.45) is 0 Å². The van der Waals surface area contributed by atoms with E-state index in [2.05, 4.69) is 26.0 Å². The standard InChI is InChI=1S/C14H15BrN2O2S/c1-2-16-13-8-3-4-9-14(13)20(18,19)17-12-7-5-6-11(15)10-12/h3-10,16-17H,2H2,1H3. The van der Waals surface area contributed by atoms with Crippen molar-refractivity contribution in [2.45, 2.75) is 11.8 Å². The number of para-hydroxylation sites is 1. The molecule has 0 aliphatic heterocycles. The van der Waals surface area contributed by atoms with E-state index in [1.54, 1.807) is 42.5 Å². The van der Waals surface area contributed by atoms with Gasteiger partial charge in [-0.05, 0) is 37.3 Å². The smallest absolute Gasteiger partial charge is 0.263 e. The van der Waals surface area contributed by atoms with Gasteiger partial charge in [-0.3, -0.25) is 4.72 Å². The number of rotatable bonds is 5. The van der Waals surface area contributed by atoms with E-state index in [1.165, 1.54) is 0 Å². The normalized spacial score (nSPS) is 11.1. The molecular weight excluding hydrogens is 340 g/mol. The van der Waals surface area contributed by atoms with Crippen LogP contribution in [-0.4, -0.2) is 15.0 Å². The summed E-state index contributed by atoms with van der Waals surface area (Å²) in [6.45, 7) is 2.58. The lowest BCUT2D eigenvalue weighted by Crippen LogP contribution is -2.15. The molecule has 20 heavy (non-hydrogen) atoms. The van der Waals surface area contributed by atoms with E-state index in [9.17, 15) is 8.42 Å². The largest absolute Gasteiger partial charge is 0.384 e. The molecule has 0 atom stereocenters. The van der Waals surface area contributed by atoms with Crippen LogP contribution in [0.25, 0.3) is 0 Å².